The summed E-state index contributed by atoms with van der Waals surface area (Å²) < 4.78 is 11.3. The molecule has 10 heteroatoms. The minimum atomic E-state index is 0. The van der Waals surface area contributed by atoms with Gasteiger partial charge in [0.05, 0.1) is 31.0 Å². The molecule has 1 aromatic rings. The molecule has 2 saturated heterocycles. The van der Waals surface area contributed by atoms with Gasteiger partial charge >= 0.3 is 0 Å². The standard InChI is InChI=1S/C16H25BrN6O2.HI/c1-16(10-25-11-16)9-20-14(18-2)22-4-6-23(7-5-22)15-19-8-12(17)13(21-15)24-3;/h8H,4-7,9-11H2,1-3H3,(H,18,20);1H. The largest absolute Gasteiger partial charge is 0.480 e. The second-order valence-corrected chi connectivity index (χ2v) is 7.56. The van der Waals surface area contributed by atoms with E-state index in [2.05, 4.69) is 52.9 Å². The predicted molar refractivity (Wildman–Crippen MR) is 116 cm³/mol. The number of rotatable bonds is 4. The number of hydrogen-bond donors (Lipinski definition) is 1. The number of aliphatic imine (C=N–C) groups is 1. The van der Waals surface area contributed by atoms with Crippen LogP contribution in [0.25, 0.3) is 0 Å². The van der Waals surface area contributed by atoms with Gasteiger partial charge in [-0.2, -0.15) is 4.98 Å². The second kappa shape index (κ2) is 9.36. The summed E-state index contributed by atoms with van der Waals surface area (Å²) in [5.41, 5.74) is 0.222. The van der Waals surface area contributed by atoms with Gasteiger partial charge < -0.3 is 24.6 Å². The Bertz CT molecular complexity index is 635. The molecule has 3 rings (SSSR count). The van der Waals surface area contributed by atoms with Crippen LogP contribution in [0.4, 0.5) is 5.95 Å². The average molecular weight is 541 g/mol. The number of nitrogens with zero attached hydrogens (tertiary/aromatic N) is 5. The van der Waals surface area contributed by atoms with E-state index >= 15 is 0 Å². The lowest BCUT2D eigenvalue weighted by atomic mass is 9.89. The first-order valence-electron chi connectivity index (χ1n) is 8.39. The third-order valence-corrected chi connectivity index (χ3v) is 5.08. The predicted octanol–water partition coefficient (Wildman–Crippen LogP) is 1.60. The van der Waals surface area contributed by atoms with Crippen LogP contribution >= 0.6 is 39.9 Å². The third-order valence-electron chi connectivity index (χ3n) is 4.54. The minimum absolute atomic E-state index is 0. The van der Waals surface area contributed by atoms with Crippen molar-refractivity contribution in [3.8, 4) is 5.88 Å². The summed E-state index contributed by atoms with van der Waals surface area (Å²) in [6.45, 7) is 8.15. The normalized spacial score (nSPS) is 19.5. The Morgan fingerprint density at radius 1 is 1.38 bits per heavy atom. The van der Waals surface area contributed by atoms with E-state index in [4.69, 9.17) is 9.47 Å². The molecule has 2 aliphatic heterocycles. The lowest BCUT2D eigenvalue weighted by Gasteiger charge is -2.40. The first-order chi connectivity index (χ1) is 12.0. The van der Waals surface area contributed by atoms with Crippen LogP contribution in [0.5, 0.6) is 5.88 Å². The molecule has 2 aliphatic rings. The van der Waals surface area contributed by atoms with Crippen molar-refractivity contribution in [2.45, 2.75) is 6.92 Å². The number of methoxy groups -OCH3 is 1. The summed E-state index contributed by atoms with van der Waals surface area (Å²) in [6.07, 6.45) is 1.73. The molecule has 1 aromatic heterocycles. The zero-order valence-electron chi connectivity index (χ0n) is 15.4. The Morgan fingerprint density at radius 3 is 2.62 bits per heavy atom. The van der Waals surface area contributed by atoms with Crippen molar-refractivity contribution in [2.24, 2.45) is 10.4 Å². The molecule has 0 unspecified atom stereocenters. The molecule has 0 spiro atoms. The highest BCUT2D eigenvalue weighted by Gasteiger charge is 2.34. The van der Waals surface area contributed by atoms with Crippen LogP contribution in [0, 0.1) is 5.41 Å². The van der Waals surface area contributed by atoms with Crippen molar-refractivity contribution in [1.82, 2.24) is 20.2 Å². The molecular formula is C16H26BrIN6O2. The average Bonchev–Trinajstić information content (AvgIpc) is 2.61. The van der Waals surface area contributed by atoms with Crippen LogP contribution in [0.3, 0.4) is 0 Å². The first-order valence-corrected chi connectivity index (χ1v) is 9.19. The summed E-state index contributed by atoms with van der Waals surface area (Å²) in [6, 6.07) is 0. The molecule has 0 aliphatic carbocycles. The second-order valence-electron chi connectivity index (χ2n) is 6.71. The van der Waals surface area contributed by atoms with E-state index < -0.39 is 0 Å². The monoisotopic (exact) mass is 540 g/mol. The topological polar surface area (TPSA) is 75.1 Å². The lowest BCUT2D eigenvalue weighted by Crippen LogP contribution is -2.56. The molecule has 2 fully saturated rings. The maximum Gasteiger partial charge on any atom is 0.232 e. The molecule has 1 N–H and O–H groups in total. The SMILES string of the molecule is CN=C(NCC1(C)COC1)N1CCN(c2ncc(Br)c(OC)n2)CC1.I. The molecule has 8 nitrogen and oxygen atoms in total. The molecule has 0 atom stereocenters. The van der Waals surface area contributed by atoms with Crippen molar-refractivity contribution in [1.29, 1.82) is 0 Å². The maximum atomic E-state index is 5.31. The van der Waals surface area contributed by atoms with Gasteiger partial charge in [-0.15, -0.1) is 24.0 Å². The van der Waals surface area contributed by atoms with E-state index in [0.29, 0.717) is 11.8 Å². The number of hydrogen-bond acceptors (Lipinski definition) is 6. The molecule has 146 valence electrons. The fraction of sp³-hybridized carbons (Fsp3) is 0.688. The summed E-state index contributed by atoms with van der Waals surface area (Å²) in [7, 11) is 3.44. The highest BCUT2D eigenvalue weighted by molar-refractivity contribution is 14.0. The summed E-state index contributed by atoms with van der Waals surface area (Å²) in [5, 5.41) is 3.48. The summed E-state index contributed by atoms with van der Waals surface area (Å²) in [5.74, 6) is 2.20. The molecule has 3 heterocycles. The van der Waals surface area contributed by atoms with E-state index in [1.54, 1.807) is 13.3 Å². The van der Waals surface area contributed by atoms with Crippen molar-refractivity contribution in [3.63, 3.8) is 0 Å². The minimum Gasteiger partial charge on any atom is -0.480 e. The Balaban J connectivity index is 0.00000243. The number of halogens is 2. The number of ether oxygens (including phenoxy) is 2. The number of piperazine rings is 1. The number of aromatic nitrogens is 2. The van der Waals surface area contributed by atoms with Crippen LogP contribution in [-0.4, -0.2) is 80.9 Å². The fourth-order valence-electron chi connectivity index (χ4n) is 2.93. The lowest BCUT2D eigenvalue weighted by molar-refractivity contribution is -0.0972. The quantitative estimate of drug-likeness (QED) is 0.353. The molecule has 0 bridgehead atoms. The van der Waals surface area contributed by atoms with Crippen molar-refractivity contribution < 1.29 is 9.47 Å². The van der Waals surface area contributed by atoms with Gasteiger partial charge in [0.2, 0.25) is 11.8 Å². The van der Waals surface area contributed by atoms with E-state index in [1.807, 2.05) is 7.05 Å². The Morgan fingerprint density at radius 2 is 2.08 bits per heavy atom. The van der Waals surface area contributed by atoms with Crippen LogP contribution in [0.1, 0.15) is 6.92 Å². The smallest absolute Gasteiger partial charge is 0.232 e. The number of anilines is 1. The Labute approximate surface area is 179 Å². The molecule has 26 heavy (non-hydrogen) atoms. The van der Waals surface area contributed by atoms with Gasteiger partial charge in [-0.25, -0.2) is 4.98 Å². The van der Waals surface area contributed by atoms with Gasteiger partial charge in [-0.05, 0) is 15.9 Å². The van der Waals surface area contributed by atoms with Crippen LogP contribution in [0.2, 0.25) is 0 Å². The van der Waals surface area contributed by atoms with Crippen molar-refractivity contribution in [2.75, 3.05) is 65.0 Å². The van der Waals surface area contributed by atoms with Crippen molar-refractivity contribution >= 4 is 51.8 Å². The van der Waals surface area contributed by atoms with Gasteiger partial charge in [-0.3, -0.25) is 4.99 Å². The summed E-state index contributed by atoms with van der Waals surface area (Å²) in [4.78, 5) is 17.7. The Kier molecular flexibility index (Phi) is 7.71. The highest BCUT2D eigenvalue weighted by Crippen LogP contribution is 2.25. The molecule has 0 amide bonds. The van der Waals surface area contributed by atoms with Gasteiger partial charge in [0.1, 0.15) is 0 Å². The number of guanidine groups is 1. The van der Waals surface area contributed by atoms with Crippen LogP contribution in [-0.2, 0) is 4.74 Å². The summed E-state index contributed by atoms with van der Waals surface area (Å²) >= 11 is 3.39. The molecule has 0 aromatic carbocycles. The highest BCUT2D eigenvalue weighted by atomic mass is 127. The van der Waals surface area contributed by atoms with Gasteiger partial charge in [-0.1, -0.05) is 6.92 Å². The van der Waals surface area contributed by atoms with Gasteiger partial charge in [0.25, 0.3) is 0 Å². The third kappa shape index (κ3) is 4.89. The van der Waals surface area contributed by atoms with Crippen LogP contribution < -0.4 is 15.0 Å². The zero-order valence-corrected chi connectivity index (χ0v) is 19.3. The molecule has 0 radical (unpaired) electrons. The molecular weight excluding hydrogens is 515 g/mol. The fourth-order valence-corrected chi connectivity index (χ4v) is 3.29. The maximum absolute atomic E-state index is 5.31. The van der Waals surface area contributed by atoms with E-state index in [-0.39, 0.29) is 29.4 Å². The van der Waals surface area contributed by atoms with Gasteiger partial charge in [0.15, 0.2) is 5.96 Å². The molecule has 0 saturated carbocycles. The van der Waals surface area contributed by atoms with E-state index in [0.717, 1.165) is 56.4 Å². The number of nitrogens with one attached hydrogen (secondary N) is 1. The van der Waals surface area contributed by atoms with E-state index in [9.17, 15) is 0 Å². The van der Waals surface area contributed by atoms with Crippen molar-refractivity contribution in [3.05, 3.63) is 10.7 Å². The van der Waals surface area contributed by atoms with Crippen LogP contribution in [0.15, 0.2) is 15.7 Å². The zero-order chi connectivity index (χ0) is 17.9. The van der Waals surface area contributed by atoms with Gasteiger partial charge in [0, 0.05) is 45.2 Å². The Hall–Kier alpha value is -0.880. The first kappa shape index (κ1) is 21.4. The van der Waals surface area contributed by atoms with E-state index in [1.165, 1.54) is 0 Å².